The van der Waals surface area contributed by atoms with E-state index < -0.39 is 11.8 Å². The van der Waals surface area contributed by atoms with Crippen LogP contribution in [0.5, 0.6) is 11.5 Å². The topological polar surface area (TPSA) is 93.2 Å². The second kappa shape index (κ2) is 11.2. The Balaban J connectivity index is 1.32. The Morgan fingerprint density at radius 3 is 1.32 bits per heavy atom. The van der Waals surface area contributed by atoms with Gasteiger partial charge in [0.25, 0.3) is 0 Å². The third-order valence-corrected chi connectivity index (χ3v) is 6.56. The highest BCUT2D eigenvalue weighted by atomic mass is 16.5. The number of ether oxygens (including phenoxy) is 2. The van der Waals surface area contributed by atoms with E-state index in [1.165, 1.54) is 9.80 Å². The van der Waals surface area contributed by atoms with Crippen LogP contribution in [0.2, 0.25) is 0 Å². The van der Waals surface area contributed by atoms with Gasteiger partial charge in [0, 0.05) is 25.9 Å². The van der Waals surface area contributed by atoms with Crippen LogP contribution >= 0.6 is 0 Å². The van der Waals surface area contributed by atoms with Crippen molar-refractivity contribution in [3.8, 4) is 11.5 Å². The minimum absolute atomic E-state index is 0.0468. The Bertz CT molecular complexity index is 1060. The summed E-state index contributed by atoms with van der Waals surface area (Å²) in [6.45, 7) is 8.10. The number of benzene rings is 2. The molecule has 2 saturated heterocycles. The van der Waals surface area contributed by atoms with E-state index in [1.54, 1.807) is 0 Å². The van der Waals surface area contributed by atoms with Crippen LogP contribution in [0.3, 0.4) is 0 Å². The van der Waals surface area contributed by atoms with Gasteiger partial charge in [-0.25, -0.2) is 0 Å². The summed E-state index contributed by atoms with van der Waals surface area (Å²) < 4.78 is 11.3. The van der Waals surface area contributed by atoms with E-state index >= 15 is 0 Å². The van der Waals surface area contributed by atoms with Crippen molar-refractivity contribution in [2.45, 2.75) is 71.0 Å². The Labute approximate surface area is 217 Å². The van der Waals surface area contributed by atoms with Gasteiger partial charge in [-0.3, -0.25) is 29.0 Å². The Hall–Kier alpha value is -3.68. The van der Waals surface area contributed by atoms with Crippen LogP contribution in [-0.4, -0.2) is 58.7 Å². The largest absolute Gasteiger partial charge is 0.491 e. The minimum atomic E-state index is -0.525. The first-order valence-corrected chi connectivity index (χ1v) is 12.9. The molecule has 8 heteroatoms. The number of rotatable bonds is 10. The molecule has 0 spiro atoms. The molecule has 37 heavy (non-hydrogen) atoms. The minimum Gasteiger partial charge on any atom is -0.491 e. The maximum atomic E-state index is 13.0. The van der Waals surface area contributed by atoms with Crippen molar-refractivity contribution in [1.82, 2.24) is 9.80 Å². The predicted molar refractivity (Wildman–Crippen MR) is 137 cm³/mol. The van der Waals surface area contributed by atoms with Crippen molar-refractivity contribution in [3.63, 3.8) is 0 Å². The lowest BCUT2D eigenvalue weighted by Gasteiger charge is -2.19. The van der Waals surface area contributed by atoms with Crippen LogP contribution in [0, 0.1) is 0 Å². The molecular weight excluding hydrogens is 472 g/mol. The number of hydrogen-bond donors (Lipinski definition) is 0. The molecule has 196 valence electrons. The molecule has 2 aromatic carbocycles. The maximum Gasteiger partial charge on any atom is 0.237 e. The molecule has 2 aliphatic rings. The summed E-state index contributed by atoms with van der Waals surface area (Å²) in [5.41, 5.74) is 1.55. The number of carbonyl (C=O) groups is 4. The molecule has 2 aromatic rings. The second-order valence-electron chi connectivity index (χ2n) is 10.1. The fourth-order valence-corrected chi connectivity index (χ4v) is 4.85. The molecule has 2 heterocycles. The van der Waals surface area contributed by atoms with E-state index in [4.69, 9.17) is 9.47 Å². The summed E-state index contributed by atoms with van der Waals surface area (Å²) in [5.74, 6) is -0.594. The zero-order valence-electron chi connectivity index (χ0n) is 21.8. The van der Waals surface area contributed by atoms with Crippen LogP contribution in [0.4, 0.5) is 0 Å². The van der Waals surface area contributed by atoms with Crippen LogP contribution in [0.25, 0.3) is 0 Å². The summed E-state index contributed by atoms with van der Waals surface area (Å²) in [7, 11) is 0. The van der Waals surface area contributed by atoms with Crippen molar-refractivity contribution in [2.24, 2.45) is 0 Å². The number of carbonyl (C=O) groups excluding carboxylic acids is 4. The monoisotopic (exact) mass is 506 g/mol. The molecule has 0 bridgehead atoms. The SMILES string of the molecule is CC(C)Oc1ccc(C2CC(=O)N(CCCN3C(=O)CC(c4ccc(OC(C)C)cc4)C3=O)C2=O)cc1. The number of amides is 4. The highest BCUT2D eigenvalue weighted by Crippen LogP contribution is 2.33. The quantitative estimate of drug-likeness (QED) is 0.452. The van der Waals surface area contributed by atoms with Gasteiger partial charge in [-0.15, -0.1) is 0 Å². The highest BCUT2D eigenvalue weighted by Gasteiger charge is 2.41. The summed E-state index contributed by atoms with van der Waals surface area (Å²) in [6.07, 6.45) is 0.667. The lowest BCUT2D eigenvalue weighted by atomic mass is 9.97. The molecule has 0 N–H and O–H groups in total. The lowest BCUT2D eigenvalue weighted by Crippen LogP contribution is -2.36. The van der Waals surface area contributed by atoms with E-state index in [-0.39, 0.29) is 61.8 Å². The predicted octanol–water partition coefficient (Wildman–Crippen LogP) is 4.04. The summed E-state index contributed by atoms with van der Waals surface area (Å²) in [4.78, 5) is 53.6. The van der Waals surface area contributed by atoms with Gasteiger partial charge in [-0.1, -0.05) is 24.3 Å². The van der Waals surface area contributed by atoms with Crippen LogP contribution in [-0.2, 0) is 19.2 Å². The molecule has 0 saturated carbocycles. The van der Waals surface area contributed by atoms with Gasteiger partial charge >= 0.3 is 0 Å². The van der Waals surface area contributed by atoms with Crippen molar-refractivity contribution >= 4 is 23.6 Å². The van der Waals surface area contributed by atoms with E-state index in [1.807, 2.05) is 76.2 Å². The molecule has 2 unspecified atom stereocenters. The van der Waals surface area contributed by atoms with Gasteiger partial charge in [-0.05, 0) is 69.5 Å². The highest BCUT2D eigenvalue weighted by molar-refractivity contribution is 6.07. The number of imide groups is 2. The molecular formula is C29H34N2O6. The molecule has 2 fully saturated rings. The standard InChI is InChI=1S/C29H34N2O6/c1-18(2)36-22-10-6-20(7-11-22)24-16-26(32)30(28(24)34)14-5-15-31-27(33)17-25(29(31)35)21-8-12-23(13-9-21)37-19(3)4/h6-13,18-19,24-25H,5,14-17H2,1-4H3. The Morgan fingerprint density at radius 1 is 0.649 bits per heavy atom. The van der Waals surface area contributed by atoms with Crippen molar-refractivity contribution in [3.05, 3.63) is 59.7 Å². The van der Waals surface area contributed by atoms with Crippen molar-refractivity contribution in [2.75, 3.05) is 13.1 Å². The van der Waals surface area contributed by atoms with Crippen LogP contribution in [0.15, 0.2) is 48.5 Å². The van der Waals surface area contributed by atoms with Gasteiger partial charge in [0.15, 0.2) is 0 Å². The first kappa shape index (κ1) is 26.4. The Kier molecular flexibility index (Phi) is 7.95. The van der Waals surface area contributed by atoms with Crippen molar-refractivity contribution in [1.29, 1.82) is 0 Å². The fraction of sp³-hybridized carbons (Fsp3) is 0.448. The molecule has 4 amide bonds. The summed E-state index contributed by atoms with van der Waals surface area (Å²) in [6, 6.07) is 14.5. The van der Waals surface area contributed by atoms with Crippen LogP contribution in [0.1, 0.15) is 69.9 Å². The smallest absolute Gasteiger partial charge is 0.237 e. The van der Waals surface area contributed by atoms with Gasteiger partial charge in [0.05, 0.1) is 24.0 Å². The summed E-state index contributed by atoms with van der Waals surface area (Å²) in [5, 5.41) is 0. The van der Waals surface area contributed by atoms with Gasteiger partial charge < -0.3 is 9.47 Å². The molecule has 4 rings (SSSR count). The zero-order chi connectivity index (χ0) is 26.7. The van der Waals surface area contributed by atoms with Gasteiger partial charge in [0.1, 0.15) is 11.5 Å². The van der Waals surface area contributed by atoms with Crippen LogP contribution < -0.4 is 9.47 Å². The number of likely N-dealkylation sites (tertiary alicyclic amines) is 2. The summed E-state index contributed by atoms with van der Waals surface area (Å²) >= 11 is 0. The lowest BCUT2D eigenvalue weighted by molar-refractivity contribution is -0.138. The zero-order valence-corrected chi connectivity index (χ0v) is 21.8. The molecule has 0 aromatic heterocycles. The second-order valence-corrected chi connectivity index (χ2v) is 10.1. The molecule has 0 aliphatic carbocycles. The molecule has 2 atom stereocenters. The van der Waals surface area contributed by atoms with E-state index in [0.717, 1.165) is 11.1 Å². The number of hydrogen-bond acceptors (Lipinski definition) is 6. The molecule has 8 nitrogen and oxygen atoms in total. The Morgan fingerprint density at radius 2 is 1.00 bits per heavy atom. The van der Waals surface area contributed by atoms with Crippen molar-refractivity contribution < 1.29 is 28.7 Å². The van der Waals surface area contributed by atoms with E-state index in [0.29, 0.717) is 17.9 Å². The normalized spacial score (nSPS) is 20.1. The van der Waals surface area contributed by atoms with Gasteiger partial charge in [0.2, 0.25) is 23.6 Å². The third kappa shape index (κ3) is 6.01. The van der Waals surface area contributed by atoms with Gasteiger partial charge in [-0.2, -0.15) is 0 Å². The average Bonchev–Trinajstić information content (AvgIpc) is 3.29. The third-order valence-electron chi connectivity index (χ3n) is 6.56. The first-order valence-electron chi connectivity index (χ1n) is 12.9. The molecule has 2 aliphatic heterocycles. The van der Waals surface area contributed by atoms with E-state index in [2.05, 4.69) is 0 Å². The van der Waals surface area contributed by atoms with E-state index in [9.17, 15) is 19.2 Å². The number of nitrogens with zero attached hydrogens (tertiary/aromatic N) is 2. The maximum absolute atomic E-state index is 13.0. The first-order chi connectivity index (χ1) is 17.6. The fourth-order valence-electron chi connectivity index (χ4n) is 4.85. The average molecular weight is 507 g/mol. The molecule has 0 radical (unpaired) electrons.